The zero-order valence-corrected chi connectivity index (χ0v) is 11.7. The molecule has 1 aliphatic rings. The second-order valence-corrected chi connectivity index (χ2v) is 5.03. The van der Waals surface area contributed by atoms with Gasteiger partial charge in [0.15, 0.2) is 0 Å². The second kappa shape index (κ2) is 6.44. The van der Waals surface area contributed by atoms with Crippen LogP contribution in [0.5, 0.6) is 0 Å². The standard InChI is InChI=1S/C12H19F3N6/c1-2-21-4-3-8(7-21)6-17-9-5-10(20-16)19-11(18-9)12(13,14)15/h5,8H,2-4,6-7,16H2,1H3,(H2,17,18,19,20). The highest BCUT2D eigenvalue weighted by molar-refractivity contribution is 5.47. The number of aromatic nitrogens is 2. The fourth-order valence-corrected chi connectivity index (χ4v) is 2.35. The molecule has 1 unspecified atom stereocenters. The summed E-state index contributed by atoms with van der Waals surface area (Å²) >= 11 is 0. The largest absolute Gasteiger partial charge is 0.451 e. The number of rotatable bonds is 5. The normalized spacial score (nSPS) is 19.8. The van der Waals surface area contributed by atoms with Crippen molar-refractivity contribution in [3.8, 4) is 0 Å². The average molecular weight is 304 g/mol. The Bertz CT molecular complexity index is 479. The van der Waals surface area contributed by atoms with Gasteiger partial charge in [0, 0.05) is 19.2 Å². The number of nitrogen functional groups attached to an aromatic ring is 1. The van der Waals surface area contributed by atoms with E-state index in [-0.39, 0.29) is 11.6 Å². The van der Waals surface area contributed by atoms with Crippen molar-refractivity contribution in [1.29, 1.82) is 0 Å². The Hall–Kier alpha value is -1.61. The van der Waals surface area contributed by atoms with Crippen LogP contribution < -0.4 is 16.6 Å². The molecule has 118 valence electrons. The first-order valence-corrected chi connectivity index (χ1v) is 6.81. The number of nitrogens with one attached hydrogen (secondary N) is 2. The highest BCUT2D eigenvalue weighted by atomic mass is 19.4. The Balaban J connectivity index is 2.02. The molecule has 1 atom stereocenters. The molecule has 2 rings (SSSR count). The van der Waals surface area contributed by atoms with Gasteiger partial charge in [0.2, 0.25) is 5.82 Å². The maximum atomic E-state index is 12.7. The lowest BCUT2D eigenvalue weighted by Crippen LogP contribution is -2.23. The molecule has 0 spiro atoms. The van der Waals surface area contributed by atoms with E-state index >= 15 is 0 Å². The molecule has 9 heteroatoms. The van der Waals surface area contributed by atoms with Gasteiger partial charge in [-0.05, 0) is 25.4 Å². The molecule has 6 nitrogen and oxygen atoms in total. The first-order chi connectivity index (χ1) is 9.92. The van der Waals surface area contributed by atoms with Crippen LogP contribution in [0, 0.1) is 5.92 Å². The van der Waals surface area contributed by atoms with E-state index in [0.29, 0.717) is 12.5 Å². The fraction of sp³-hybridized carbons (Fsp3) is 0.667. The van der Waals surface area contributed by atoms with Crippen LogP contribution in [-0.2, 0) is 6.18 Å². The van der Waals surface area contributed by atoms with Gasteiger partial charge < -0.3 is 15.6 Å². The van der Waals surface area contributed by atoms with Crippen LogP contribution in [0.3, 0.4) is 0 Å². The predicted molar refractivity (Wildman–Crippen MR) is 73.6 cm³/mol. The smallest absolute Gasteiger partial charge is 0.370 e. The summed E-state index contributed by atoms with van der Waals surface area (Å²) in [6, 6.07) is 1.36. The van der Waals surface area contributed by atoms with Crippen molar-refractivity contribution in [3.05, 3.63) is 11.9 Å². The molecule has 0 bridgehead atoms. The van der Waals surface area contributed by atoms with E-state index in [4.69, 9.17) is 5.84 Å². The van der Waals surface area contributed by atoms with Gasteiger partial charge in [0.1, 0.15) is 11.6 Å². The van der Waals surface area contributed by atoms with E-state index in [1.54, 1.807) is 0 Å². The Labute approximate surface area is 120 Å². The molecule has 1 aliphatic heterocycles. The maximum absolute atomic E-state index is 12.7. The minimum Gasteiger partial charge on any atom is -0.370 e. The maximum Gasteiger partial charge on any atom is 0.451 e. The summed E-state index contributed by atoms with van der Waals surface area (Å²) in [5, 5.41) is 2.95. The quantitative estimate of drug-likeness (QED) is 0.565. The Morgan fingerprint density at radius 3 is 2.67 bits per heavy atom. The van der Waals surface area contributed by atoms with Gasteiger partial charge in [-0.3, -0.25) is 0 Å². The molecule has 4 N–H and O–H groups in total. The van der Waals surface area contributed by atoms with Crippen molar-refractivity contribution in [2.24, 2.45) is 11.8 Å². The van der Waals surface area contributed by atoms with Gasteiger partial charge in [-0.1, -0.05) is 6.92 Å². The molecular weight excluding hydrogens is 285 g/mol. The zero-order chi connectivity index (χ0) is 15.5. The first kappa shape index (κ1) is 15.8. The van der Waals surface area contributed by atoms with Gasteiger partial charge in [0.25, 0.3) is 0 Å². The molecule has 0 aromatic carbocycles. The number of hydrogen-bond acceptors (Lipinski definition) is 6. The molecule has 2 heterocycles. The van der Waals surface area contributed by atoms with Crippen LogP contribution in [0.2, 0.25) is 0 Å². The van der Waals surface area contributed by atoms with Crippen molar-refractivity contribution in [2.45, 2.75) is 19.5 Å². The first-order valence-electron chi connectivity index (χ1n) is 6.81. The van der Waals surface area contributed by atoms with Crippen LogP contribution in [0.25, 0.3) is 0 Å². The van der Waals surface area contributed by atoms with E-state index in [2.05, 4.69) is 32.5 Å². The molecular formula is C12H19F3N6. The molecule has 1 aromatic heterocycles. The predicted octanol–water partition coefficient (Wildman–Crippen LogP) is 1.53. The van der Waals surface area contributed by atoms with Crippen LogP contribution in [-0.4, -0.2) is 41.0 Å². The van der Waals surface area contributed by atoms with Crippen molar-refractivity contribution in [1.82, 2.24) is 14.9 Å². The van der Waals surface area contributed by atoms with Gasteiger partial charge in [-0.25, -0.2) is 15.8 Å². The van der Waals surface area contributed by atoms with Crippen molar-refractivity contribution in [2.75, 3.05) is 36.9 Å². The molecule has 0 aliphatic carbocycles. The molecule has 1 aromatic rings. The summed E-state index contributed by atoms with van der Waals surface area (Å²) < 4.78 is 38.1. The van der Waals surface area contributed by atoms with E-state index in [1.807, 2.05) is 0 Å². The number of hydrazine groups is 1. The summed E-state index contributed by atoms with van der Waals surface area (Å²) in [6.07, 6.45) is -3.57. The number of anilines is 2. The topological polar surface area (TPSA) is 79.1 Å². The number of likely N-dealkylation sites (tertiary alicyclic amines) is 1. The molecule has 0 saturated carbocycles. The highest BCUT2D eigenvalue weighted by Gasteiger charge is 2.35. The Kier molecular flexibility index (Phi) is 4.84. The van der Waals surface area contributed by atoms with Gasteiger partial charge in [-0.15, -0.1) is 0 Å². The average Bonchev–Trinajstić information content (AvgIpc) is 2.92. The monoisotopic (exact) mass is 304 g/mol. The van der Waals surface area contributed by atoms with Crippen molar-refractivity contribution < 1.29 is 13.2 Å². The number of nitrogens with two attached hydrogens (primary N) is 1. The zero-order valence-electron chi connectivity index (χ0n) is 11.7. The molecule has 0 amide bonds. The number of nitrogens with zero attached hydrogens (tertiary/aromatic N) is 3. The van der Waals surface area contributed by atoms with Gasteiger partial charge in [-0.2, -0.15) is 13.2 Å². The van der Waals surface area contributed by atoms with Crippen LogP contribution in [0.15, 0.2) is 6.07 Å². The van der Waals surface area contributed by atoms with E-state index in [1.165, 1.54) is 6.07 Å². The third-order valence-corrected chi connectivity index (χ3v) is 3.52. The van der Waals surface area contributed by atoms with Gasteiger partial charge >= 0.3 is 6.18 Å². The van der Waals surface area contributed by atoms with E-state index < -0.39 is 12.0 Å². The Morgan fingerprint density at radius 2 is 2.10 bits per heavy atom. The summed E-state index contributed by atoms with van der Waals surface area (Å²) in [4.78, 5) is 9.11. The lowest BCUT2D eigenvalue weighted by Gasteiger charge is -2.15. The third kappa shape index (κ3) is 4.18. The van der Waals surface area contributed by atoms with E-state index in [9.17, 15) is 13.2 Å². The van der Waals surface area contributed by atoms with Crippen LogP contribution in [0.4, 0.5) is 24.8 Å². The second-order valence-electron chi connectivity index (χ2n) is 5.03. The lowest BCUT2D eigenvalue weighted by molar-refractivity contribution is -0.144. The Morgan fingerprint density at radius 1 is 1.38 bits per heavy atom. The minimum absolute atomic E-state index is 0.0681. The number of alkyl halides is 3. The summed E-state index contributed by atoms with van der Waals surface area (Å²) in [7, 11) is 0. The molecule has 21 heavy (non-hydrogen) atoms. The summed E-state index contributed by atoms with van der Waals surface area (Å²) in [5.41, 5.74) is 2.12. The van der Waals surface area contributed by atoms with Crippen LogP contribution in [0.1, 0.15) is 19.2 Å². The molecule has 0 radical (unpaired) electrons. The van der Waals surface area contributed by atoms with Crippen molar-refractivity contribution >= 4 is 11.6 Å². The molecule has 1 saturated heterocycles. The fourth-order valence-electron chi connectivity index (χ4n) is 2.35. The highest BCUT2D eigenvalue weighted by Crippen LogP contribution is 2.28. The van der Waals surface area contributed by atoms with Gasteiger partial charge in [0.05, 0.1) is 0 Å². The minimum atomic E-state index is -4.60. The number of halogens is 3. The molecule has 1 fully saturated rings. The SMILES string of the molecule is CCN1CCC(CNc2cc(NN)nc(C(F)(F)F)n2)C1. The number of hydrogen-bond donors (Lipinski definition) is 3. The third-order valence-electron chi connectivity index (χ3n) is 3.52. The summed E-state index contributed by atoms with van der Waals surface area (Å²) in [5.74, 6) is 4.40. The summed E-state index contributed by atoms with van der Waals surface area (Å²) in [6.45, 7) is 5.63. The lowest BCUT2D eigenvalue weighted by atomic mass is 10.1. The van der Waals surface area contributed by atoms with Crippen LogP contribution >= 0.6 is 0 Å². The van der Waals surface area contributed by atoms with Crippen molar-refractivity contribution in [3.63, 3.8) is 0 Å². The van der Waals surface area contributed by atoms with E-state index in [0.717, 1.165) is 26.1 Å².